The van der Waals surface area contributed by atoms with E-state index in [1.165, 1.54) is 41.1 Å². The first kappa shape index (κ1) is 19.5. The number of hydrogen-bond donors (Lipinski definition) is 1. The zero-order valence-electron chi connectivity index (χ0n) is 15.5. The Kier molecular flexibility index (Phi) is 5.57. The molecule has 1 aliphatic carbocycles. The van der Waals surface area contributed by atoms with Crippen molar-refractivity contribution in [3.05, 3.63) is 46.1 Å². The molecule has 6 nitrogen and oxygen atoms in total. The summed E-state index contributed by atoms with van der Waals surface area (Å²) in [6.45, 7) is -3.26. The minimum atomic E-state index is -3.04. The molecule has 2 aromatic heterocycles. The van der Waals surface area contributed by atoms with Crippen LogP contribution in [0.3, 0.4) is 0 Å². The van der Waals surface area contributed by atoms with Crippen LogP contribution < -0.4 is 10.5 Å². The summed E-state index contributed by atoms with van der Waals surface area (Å²) in [4.78, 5) is 23.2. The average Bonchev–Trinajstić information content (AvgIpc) is 2.88. The molecular formula is C20H19F2N3O3S. The van der Waals surface area contributed by atoms with E-state index in [1.54, 1.807) is 11.3 Å². The maximum absolute atomic E-state index is 12.5. The Bertz CT molecular complexity index is 1050. The Labute approximate surface area is 169 Å². The molecular weight excluding hydrogens is 400 g/mol. The SMILES string of the molecule is Nc1nc(COC(=O)c2ccccc2OC(F)F)nc2sc3c(c12)CCCCC3. The molecule has 4 rings (SSSR count). The van der Waals surface area contributed by atoms with Crippen LogP contribution in [0.25, 0.3) is 10.2 Å². The van der Waals surface area contributed by atoms with E-state index in [1.807, 2.05) is 0 Å². The second-order valence-electron chi connectivity index (χ2n) is 6.72. The summed E-state index contributed by atoms with van der Waals surface area (Å²) in [6.07, 6.45) is 5.46. The van der Waals surface area contributed by atoms with Crippen LogP contribution in [0.2, 0.25) is 0 Å². The molecule has 0 saturated heterocycles. The lowest BCUT2D eigenvalue weighted by molar-refractivity contribution is -0.0505. The van der Waals surface area contributed by atoms with Crippen molar-refractivity contribution in [3.63, 3.8) is 0 Å². The summed E-state index contributed by atoms with van der Waals surface area (Å²) < 4.78 is 34.6. The van der Waals surface area contributed by atoms with Crippen LogP contribution in [-0.4, -0.2) is 22.5 Å². The van der Waals surface area contributed by atoms with Crippen LogP contribution in [0.15, 0.2) is 24.3 Å². The number of esters is 1. The number of halogens is 2. The zero-order valence-corrected chi connectivity index (χ0v) is 16.3. The molecule has 9 heteroatoms. The van der Waals surface area contributed by atoms with Gasteiger partial charge in [0.25, 0.3) is 0 Å². The summed E-state index contributed by atoms with van der Waals surface area (Å²) in [5.41, 5.74) is 7.33. The van der Waals surface area contributed by atoms with E-state index in [0.717, 1.165) is 35.9 Å². The zero-order chi connectivity index (χ0) is 20.4. The third kappa shape index (κ3) is 4.14. The van der Waals surface area contributed by atoms with Gasteiger partial charge >= 0.3 is 12.6 Å². The predicted molar refractivity (Wildman–Crippen MR) is 105 cm³/mol. The van der Waals surface area contributed by atoms with Crippen LogP contribution in [0.1, 0.15) is 45.9 Å². The third-order valence-corrected chi connectivity index (χ3v) is 5.98. The Morgan fingerprint density at radius 2 is 1.97 bits per heavy atom. The molecule has 0 spiro atoms. The van der Waals surface area contributed by atoms with Crippen molar-refractivity contribution in [1.82, 2.24) is 9.97 Å². The van der Waals surface area contributed by atoms with Crippen molar-refractivity contribution in [3.8, 4) is 5.75 Å². The first-order valence-electron chi connectivity index (χ1n) is 9.30. The van der Waals surface area contributed by atoms with E-state index in [0.29, 0.717) is 5.82 Å². The summed E-state index contributed by atoms with van der Waals surface area (Å²) in [5.74, 6) is -0.398. The number of thiophene rings is 1. The summed E-state index contributed by atoms with van der Waals surface area (Å²) in [5, 5.41) is 0.901. The second-order valence-corrected chi connectivity index (χ2v) is 7.80. The number of fused-ring (bicyclic) bond motifs is 3. The Balaban J connectivity index is 1.54. The highest BCUT2D eigenvalue weighted by atomic mass is 32.1. The van der Waals surface area contributed by atoms with Gasteiger partial charge in [-0.15, -0.1) is 11.3 Å². The third-order valence-electron chi connectivity index (χ3n) is 4.79. The minimum absolute atomic E-state index is 0.0929. The predicted octanol–water partition coefficient (Wildman–Crippen LogP) is 4.50. The highest BCUT2D eigenvalue weighted by molar-refractivity contribution is 7.19. The fraction of sp³-hybridized carbons (Fsp3) is 0.350. The molecule has 29 heavy (non-hydrogen) atoms. The van der Waals surface area contributed by atoms with Gasteiger partial charge in [0.15, 0.2) is 12.4 Å². The van der Waals surface area contributed by atoms with E-state index < -0.39 is 12.6 Å². The second kappa shape index (κ2) is 8.28. The number of benzene rings is 1. The molecule has 0 aliphatic heterocycles. The number of rotatable bonds is 5. The van der Waals surface area contributed by atoms with Crippen LogP contribution in [0.5, 0.6) is 5.75 Å². The number of ether oxygens (including phenoxy) is 2. The maximum Gasteiger partial charge on any atom is 0.387 e. The minimum Gasteiger partial charge on any atom is -0.454 e. The normalized spacial score (nSPS) is 13.9. The lowest BCUT2D eigenvalue weighted by atomic mass is 10.1. The first-order valence-corrected chi connectivity index (χ1v) is 10.1. The van der Waals surface area contributed by atoms with E-state index in [-0.39, 0.29) is 23.7 Å². The molecule has 152 valence electrons. The number of hydrogen-bond acceptors (Lipinski definition) is 7. The highest BCUT2D eigenvalue weighted by Crippen LogP contribution is 2.37. The van der Waals surface area contributed by atoms with Crippen LogP contribution in [0.4, 0.5) is 14.6 Å². The fourth-order valence-electron chi connectivity index (χ4n) is 3.51. The molecule has 0 amide bonds. The van der Waals surface area contributed by atoms with Crippen LogP contribution >= 0.6 is 11.3 Å². The number of carbonyl (C=O) groups excluding carboxylic acids is 1. The molecule has 3 aromatic rings. The van der Waals surface area contributed by atoms with E-state index >= 15 is 0 Å². The summed E-state index contributed by atoms with van der Waals surface area (Å²) in [6, 6.07) is 5.66. The number of para-hydroxylation sites is 1. The van der Waals surface area contributed by atoms with Gasteiger partial charge in [0.1, 0.15) is 22.0 Å². The first-order chi connectivity index (χ1) is 14.0. The standard InChI is InChI=1S/C20H19F2N3O3S/c21-20(22)28-13-8-5-4-6-11(13)19(26)27-10-15-24-17(23)16-12-7-2-1-3-9-14(12)29-18(16)25-15/h4-6,8,20H,1-3,7,9-10H2,(H2,23,24,25). The molecule has 0 unspecified atom stereocenters. The molecule has 0 saturated carbocycles. The van der Waals surface area contributed by atoms with Gasteiger partial charge in [-0.3, -0.25) is 0 Å². The summed E-state index contributed by atoms with van der Waals surface area (Å²) in [7, 11) is 0. The van der Waals surface area contributed by atoms with Crippen molar-refractivity contribution in [2.45, 2.75) is 45.3 Å². The van der Waals surface area contributed by atoms with Gasteiger partial charge in [-0.25, -0.2) is 14.8 Å². The lowest BCUT2D eigenvalue weighted by Crippen LogP contribution is -2.12. The van der Waals surface area contributed by atoms with Crippen LogP contribution in [0, 0.1) is 0 Å². The van der Waals surface area contributed by atoms with Crippen LogP contribution in [-0.2, 0) is 24.2 Å². The quantitative estimate of drug-likeness (QED) is 0.484. The molecule has 2 N–H and O–H groups in total. The van der Waals surface area contributed by atoms with Crippen molar-refractivity contribution in [2.75, 3.05) is 5.73 Å². The van der Waals surface area contributed by atoms with E-state index in [4.69, 9.17) is 10.5 Å². The average molecular weight is 419 g/mol. The van der Waals surface area contributed by atoms with Crippen molar-refractivity contribution >= 4 is 33.3 Å². The number of aryl methyl sites for hydroxylation is 2. The molecule has 0 atom stereocenters. The molecule has 1 aliphatic rings. The Morgan fingerprint density at radius 1 is 1.17 bits per heavy atom. The number of carbonyl (C=O) groups is 1. The lowest BCUT2D eigenvalue weighted by Gasteiger charge is -2.10. The van der Waals surface area contributed by atoms with Gasteiger partial charge < -0.3 is 15.2 Å². The largest absolute Gasteiger partial charge is 0.454 e. The van der Waals surface area contributed by atoms with Gasteiger partial charge in [0.2, 0.25) is 0 Å². The fourth-order valence-corrected chi connectivity index (χ4v) is 4.80. The van der Waals surface area contributed by atoms with Crippen molar-refractivity contribution < 1.29 is 23.0 Å². The molecule has 2 heterocycles. The number of nitrogens with two attached hydrogens (primary N) is 1. The highest BCUT2D eigenvalue weighted by Gasteiger charge is 2.21. The van der Waals surface area contributed by atoms with E-state index in [2.05, 4.69) is 14.7 Å². The number of nitrogens with zero attached hydrogens (tertiary/aromatic N) is 2. The number of anilines is 1. The molecule has 0 radical (unpaired) electrons. The molecule has 0 fully saturated rings. The van der Waals surface area contributed by atoms with Crippen molar-refractivity contribution in [1.29, 1.82) is 0 Å². The Morgan fingerprint density at radius 3 is 2.79 bits per heavy atom. The smallest absolute Gasteiger partial charge is 0.387 e. The molecule has 0 bridgehead atoms. The maximum atomic E-state index is 12.5. The van der Waals surface area contributed by atoms with Gasteiger partial charge in [-0.2, -0.15) is 8.78 Å². The number of nitrogen functional groups attached to an aromatic ring is 1. The summed E-state index contributed by atoms with van der Waals surface area (Å²) >= 11 is 1.61. The van der Waals surface area contributed by atoms with Gasteiger partial charge in [-0.05, 0) is 43.4 Å². The van der Waals surface area contributed by atoms with E-state index in [9.17, 15) is 13.6 Å². The molecule has 1 aromatic carbocycles. The van der Waals surface area contributed by atoms with Gasteiger partial charge in [0.05, 0.1) is 5.39 Å². The topological polar surface area (TPSA) is 87.3 Å². The Hall–Kier alpha value is -2.81. The monoisotopic (exact) mass is 419 g/mol. The number of aromatic nitrogens is 2. The number of alkyl halides is 2. The van der Waals surface area contributed by atoms with Gasteiger partial charge in [-0.1, -0.05) is 18.6 Å². The van der Waals surface area contributed by atoms with Crippen molar-refractivity contribution in [2.24, 2.45) is 0 Å². The van der Waals surface area contributed by atoms with Gasteiger partial charge in [0, 0.05) is 4.88 Å².